The highest BCUT2D eigenvalue weighted by Crippen LogP contribution is 2.21. The maximum absolute atomic E-state index is 11.6. The number of hydrogen-bond donors (Lipinski definition) is 1. The normalized spacial score (nSPS) is 10.9. The fraction of sp³-hybridized carbons (Fsp3) is 0.818. The van der Waals surface area contributed by atoms with E-state index in [9.17, 15) is 9.59 Å². The first-order valence-corrected chi connectivity index (χ1v) is 5.38. The van der Waals surface area contributed by atoms with E-state index < -0.39 is 11.4 Å². The molecule has 0 saturated carbocycles. The molecule has 0 aromatic carbocycles. The smallest absolute Gasteiger partial charge is 0.325 e. The molecule has 1 N–H and O–H groups in total. The van der Waals surface area contributed by atoms with Crippen molar-refractivity contribution in [3.63, 3.8) is 0 Å². The predicted octanol–water partition coefficient (Wildman–Crippen LogP) is 1.49. The van der Waals surface area contributed by atoms with E-state index in [1.807, 2.05) is 20.8 Å². The zero-order valence-electron chi connectivity index (χ0n) is 10.1. The third-order valence-corrected chi connectivity index (χ3v) is 2.19. The van der Waals surface area contributed by atoms with Crippen molar-refractivity contribution < 1.29 is 14.3 Å². The van der Waals surface area contributed by atoms with Crippen LogP contribution in [-0.2, 0) is 14.3 Å². The Kier molecular flexibility index (Phi) is 5.97. The maximum atomic E-state index is 11.6. The quantitative estimate of drug-likeness (QED) is 0.683. The van der Waals surface area contributed by atoms with Gasteiger partial charge in [-0.25, -0.2) is 0 Å². The largest absolute Gasteiger partial charge is 0.465 e. The lowest BCUT2D eigenvalue weighted by Crippen LogP contribution is -2.39. The topological polar surface area (TPSA) is 55.4 Å². The van der Waals surface area contributed by atoms with Crippen LogP contribution in [0.5, 0.6) is 0 Å². The van der Waals surface area contributed by atoms with E-state index in [0.29, 0.717) is 6.61 Å². The summed E-state index contributed by atoms with van der Waals surface area (Å²) in [6, 6.07) is 0. The molecule has 0 atom stereocenters. The van der Waals surface area contributed by atoms with Crippen molar-refractivity contribution in [3.05, 3.63) is 0 Å². The average Bonchev–Trinajstić information content (AvgIpc) is 2.14. The van der Waals surface area contributed by atoms with Crippen LogP contribution in [0.1, 0.15) is 40.5 Å². The van der Waals surface area contributed by atoms with Gasteiger partial charge in [0.25, 0.3) is 0 Å². The van der Waals surface area contributed by atoms with Gasteiger partial charge in [-0.3, -0.25) is 9.59 Å². The van der Waals surface area contributed by atoms with Crippen molar-refractivity contribution in [1.29, 1.82) is 0 Å². The number of carbonyl (C=O) groups excluding carboxylic acids is 2. The monoisotopic (exact) mass is 215 g/mol. The molecule has 15 heavy (non-hydrogen) atoms. The molecule has 1 amide bonds. The van der Waals surface area contributed by atoms with Crippen LogP contribution in [0, 0.1) is 5.41 Å². The number of amides is 1. The lowest BCUT2D eigenvalue weighted by molar-refractivity contribution is -0.144. The molecular weight excluding hydrogens is 194 g/mol. The summed E-state index contributed by atoms with van der Waals surface area (Å²) < 4.78 is 4.71. The summed E-state index contributed by atoms with van der Waals surface area (Å²) in [6.45, 7) is 7.81. The molecule has 0 aromatic heterocycles. The Bertz CT molecular complexity index is 224. The Hall–Kier alpha value is -1.06. The van der Waals surface area contributed by atoms with Crippen LogP contribution in [0.4, 0.5) is 0 Å². The molecule has 0 rings (SSSR count). The summed E-state index contributed by atoms with van der Waals surface area (Å²) in [5.74, 6) is -0.490. The number of hydrogen-bond acceptors (Lipinski definition) is 3. The first-order chi connectivity index (χ1) is 6.94. The summed E-state index contributed by atoms with van der Waals surface area (Å²) in [4.78, 5) is 22.6. The minimum absolute atomic E-state index is 0.0418. The molecule has 0 saturated heterocycles. The predicted molar refractivity (Wildman–Crippen MR) is 58.3 cm³/mol. The fourth-order valence-corrected chi connectivity index (χ4v) is 1.34. The SMILES string of the molecule is CCCC(C)(C)C(=O)NCC(=O)OCC. The van der Waals surface area contributed by atoms with E-state index in [2.05, 4.69) is 5.32 Å². The van der Waals surface area contributed by atoms with Crippen molar-refractivity contribution in [2.24, 2.45) is 5.41 Å². The summed E-state index contributed by atoms with van der Waals surface area (Å²) in [5.41, 5.74) is -0.415. The molecule has 0 bridgehead atoms. The highest BCUT2D eigenvalue weighted by atomic mass is 16.5. The van der Waals surface area contributed by atoms with Gasteiger partial charge >= 0.3 is 5.97 Å². The third kappa shape index (κ3) is 5.40. The third-order valence-electron chi connectivity index (χ3n) is 2.19. The highest BCUT2D eigenvalue weighted by molar-refractivity contribution is 5.85. The standard InChI is InChI=1S/C11H21NO3/c1-5-7-11(3,4)10(14)12-8-9(13)15-6-2/h5-8H2,1-4H3,(H,12,14). The molecule has 4 nitrogen and oxygen atoms in total. The number of carbonyl (C=O) groups is 2. The summed E-state index contributed by atoms with van der Waals surface area (Å²) >= 11 is 0. The van der Waals surface area contributed by atoms with Crippen molar-refractivity contribution in [2.45, 2.75) is 40.5 Å². The second kappa shape index (κ2) is 6.43. The first kappa shape index (κ1) is 13.9. The molecule has 0 aromatic rings. The molecule has 4 heteroatoms. The van der Waals surface area contributed by atoms with Crippen molar-refractivity contribution in [1.82, 2.24) is 5.32 Å². The van der Waals surface area contributed by atoms with Crippen LogP contribution < -0.4 is 5.32 Å². The van der Waals surface area contributed by atoms with E-state index in [0.717, 1.165) is 12.8 Å². The summed E-state index contributed by atoms with van der Waals surface area (Å²) in [6.07, 6.45) is 1.75. The van der Waals surface area contributed by atoms with Crippen LogP contribution in [0.15, 0.2) is 0 Å². The molecule has 0 heterocycles. The van der Waals surface area contributed by atoms with Gasteiger partial charge in [-0.05, 0) is 13.3 Å². The van der Waals surface area contributed by atoms with Gasteiger partial charge in [-0.1, -0.05) is 27.2 Å². The number of esters is 1. The van der Waals surface area contributed by atoms with Gasteiger partial charge in [0.15, 0.2) is 0 Å². The summed E-state index contributed by atoms with van der Waals surface area (Å²) in [5, 5.41) is 2.58. The van der Waals surface area contributed by atoms with Crippen LogP contribution in [0.25, 0.3) is 0 Å². The van der Waals surface area contributed by atoms with Crippen LogP contribution in [0.3, 0.4) is 0 Å². The van der Waals surface area contributed by atoms with Gasteiger partial charge in [0, 0.05) is 5.41 Å². The maximum Gasteiger partial charge on any atom is 0.325 e. The van der Waals surface area contributed by atoms with E-state index in [-0.39, 0.29) is 12.5 Å². The molecule has 0 aliphatic rings. The van der Waals surface area contributed by atoms with Crippen molar-refractivity contribution >= 4 is 11.9 Å². The Balaban J connectivity index is 3.97. The van der Waals surface area contributed by atoms with Gasteiger partial charge in [0.05, 0.1) is 6.61 Å². The zero-order valence-corrected chi connectivity index (χ0v) is 10.1. The van der Waals surface area contributed by atoms with Gasteiger partial charge in [-0.2, -0.15) is 0 Å². The van der Waals surface area contributed by atoms with Gasteiger partial charge < -0.3 is 10.1 Å². The van der Waals surface area contributed by atoms with Crippen molar-refractivity contribution in [2.75, 3.05) is 13.2 Å². The number of ether oxygens (including phenoxy) is 1. The molecule has 0 spiro atoms. The fourth-order valence-electron chi connectivity index (χ4n) is 1.34. The Labute approximate surface area is 91.4 Å². The minimum atomic E-state index is -0.415. The Morgan fingerprint density at radius 1 is 1.27 bits per heavy atom. The van der Waals surface area contributed by atoms with Gasteiger partial charge in [0.2, 0.25) is 5.91 Å². The van der Waals surface area contributed by atoms with Gasteiger partial charge in [-0.15, -0.1) is 0 Å². The van der Waals surface area contributed by atoms with Crippen LogP contribution in [0.2, 0.25) is 0 Å². The molecule has 0 unspecified atom stereocenters. The molecule has 88 valence electrons. The molecule has 0 radical (unpaired) electrons. The van der Waals surface area contributed by atoms with E-state index in [4.69, 9.17) is 4.74 Å². The lowest BCUT2D eigenvalue weighted by Gasteiger charge is -2.22. The lowest BCUT2D eigenvalue weighted by atomic mass is 9.87. The zero-order chi connectivity index (χ0) is 11.9. The number of rotatable bonds is 6. The van der Waals surface area contributed by atoms with E-state index in [1.165, 1.54) is 0 Å². The molecule has 0 fully saturated rings. The second-order valence-corrected chi connectivity index (χ2v) is 4.12. The van der Waals surface area contributed by atoms with E-state index >= 15 is 0 Å². The van der Waals surface area contributed by atoms with Crippen LogP contribution >= 0.6 is 0 Å². The second-order valence-electron chi connectivity index (χ2n) is 4.12. The molecular formula is C11H21NO3. The van der Waals surface area contributed by atoms with Gasteiger partial charge in [0.1, 0.15) is 6.54 Å². The molecule has 0 aliphatic heterocycles. The summed E-state index contributed by atoms with van der Waals surface area (Å²) in [7, 11) is 0. The average molecular weight is 215 g/mol. The Morgan fingerprint density at radius 2 is 1.87 bits per heavy atom. The Morgan fingerprint density at radius 3 is 2.33 bits per heavy atom. The minimum Gasteiger partial charge on any atom is -0.465 e. The van der Waals surface area contributed by atoms with E-state index in [1.54, 1.807) is 6.92 Å². The first-order valence-electron chi connectivity index (χ1n) is 5.38. The van der Waals surface area contributed by atoms with Crippen molar-refractivity contribution in [3.8, 4) is 0 Å². The van der Waals surface area contributed by atoms with Crippen LogP contribution in [-0.4, -0.2) is 25.0 Å². The number of nitrogens with one attached hydrogen (secondary N) is 1. The molecule has 0 aliphatic carbocycles. The highest BCUT2D eigenvalue weighted by Gasteiger charge is 2.26.